The highest BCUT2D eigenvalue weighted by molar-refractivity contribution is 7.16. The third-order valence-electron chi connectivity index (χ3n) is 5.56. The lowest BCUT2D eigenvalue weighted by Gasteiger charge is -2.27. The summed E-state index contributed by atoms with van der Waals surface area (Å²) in [5, 5.41) is 13.3. The first-order valence-corrected chi connectivity index (χ1v) is 10.1. The Hall–Kier alpha value is -1.38. The number of thiophene rings is 1. The molecule has 0 unspecified atom stereocenters. The molecule has 2 aliphatic rings. The minimum atomic E-state index is 0.0595. The summed E-state index contributed by atoms with van der Waals surface area (Å²) in [4.78, 5) is 15.2. The highest BCUT2D eigenvalue weighted by Crippen LogP contribution is 2.39. The lowest BCUT2D eigenvalue weighted by atomic mass is 9.89. The Bertz CT molecular complexity index is 638. The Morgan fingerprint density at radius 3 is 2.75 bits per heavy atom. The molecule has 1 saturated heterocycles. The van der Waals surface area contributed by atoms with E-state index in [4.69, 9.17) is 0 Å². The number of amides is 1. The number of nitriles is 1. The summed E-state index contributed by atoms with van der Waals surface area (Å²) in [5.74, 6) is 1.57. The fourth-order valence-electron chi connectivity index (χ4n) is 3.86. The van der Waals surface area contributed by atoms with Crippen LogP contribution in [0.1, 0.15) is 55.5 Å². The zero-order valence-corrected chi connectivity index (χ0v) is 15.6. The van der Waals surface area contributed by atoms with Crippen LogP contribution >= 0.6 is 11.3 Å². The van der Waals surface area contributed by atoms with Gasteiger partial charge in [0, 0.05) is 4.88 Å². The Morgan fingerprint density at radius 2 is 2.04 bits per heavy atom. The van der Waals surface area contributed by atoms with Gasteiger partial charge in [-0.15, -0.1) is 11.3 Å². The number of hydrogen-bond donors (Lipinski definition) is 2. The zero-order chi connectivity index (χ0) is 17.1. The molecule has 0 saturated carbocycles. The summed E-state index contributed by atoms with van der Waals surface area (Å²) in [5.41, 5.74) is 1.90. The largest absolute Gasteiger partial charge is 0.334 e. The van der Waals surface area contributed by atoms with Gasteiger partial charge in [0.25, 0.3) is 0 Å². The van der Waals surface area contributed by atoms with Gasteiger partial charge in [0.2, 0.25) is 5.91 Å². The highest BCUT2D eigenvalue weighted by atomic mass is 32.1. The number of rotatable bonds is 4. The summed E-state index contributed by atoms with van der Waals surface area (Å²) in [6.07, 6.45) is 6.25. The van der Waals surface area contributed by atoms with Crippen LogP contribution in [0.4, 0.5) is 5.00 Å². The van der Waals surface area contributed by atoms with E-state index in [0.717, 1.165) is 42.3 Å². The molecule has 5 heteroatoms. The Balaban J connectivity index is 1.57. The number of nitrogens with zero attached hydrogens (tertiary/aromatic N) is 1. The number of fused-ring (bicyclic) bond motifs is 1. The predicted octanol–water partition coefficient (Wildman–Crippen LogP) is 2.39. The molecule has 1 aliphatic heterocycles. The van der Waals surface area contributed by atoms with Gasteiger partial charge in [-0.2, -0.15) is 5.26 Å². The fraction of sp³-hybridized carbons (Fsp3) is 0.684. The number of carbonyl (C=O) groups is 1. The second kappa shape index (κ2) is 7.67. The maximum atomic E-state index is 12.3. The molecule has 1 fully saturated rings. The van der Waals surface area contributed by atoms with E-state index in [9.17, 15) is 10.1 Å². The maximum Gasteiger partial charge on any atom is 0.230 e. The van der Waals surface area contributed by atoms with Crippen LogP contribution in [0.5, 0.6) is 0 Å². The van der Waals surface area contributed by atoms with Crippen molar-refractivity contribution in [2.75, 3.05) is 25.0 Å². The number of quaternary nitrogens is 1. The molecule has 0 spiro atoms. The van der Waals surface area contributed by atoms with Crippen LogP contribution < -0.4 is 10.2 Å². The van der Waals surface area contributed by atoms with Crippen LogP contribution in [0.25, 0.3) is 0 Å². The number of carbonyl (C=O) groups excluding carboxylic acids is 1. The first-order chi connectivity index (χ1) is 11.6. The topological polar surface area (TPSA) is 57.3 Å². The molecule has 0 bridgehead atoms. The van der Waals surface area contributed by atoms with Gasteiger partial charge in [0.15, 0.2) is 0 Å². The lowest BCUT2D eigenvalue weighted by molar-refractivity contribution is -0.905. The van der Waals surface area contributed by atoms with Gasteiger partial charge in [0.1, 0.15) is 11.1 Å². The van der Waals surface area contributed by atoms with Crippen molar-refractivity contribution in [1.82, 2.24) is 0 Å². The quantitative estimate of drug-likeness (QED) is 0.879. The molecule has 1 atom stereocenters. The molecular formula is C19H28N3OS+. The summed E-state index contributed by atoms with van der Waals surface area (Å²) in [6, 6.07) is 2.32. The number of likely N-dealkylation sites (tertiary alicyclic amines) is 1. The molecule has 130 valence electrons. The van der Waals surface area contributed by atoms with E-state index in [2.05, 4.69) is 25.2 Å². The number of piperidine rings is 1. The predicted molar refractivity (Wildman–Crippen MR) is 97.4 cm³/mol. The first-order valence-electron chi connectivity index (χ1n) is 9.24. The minimum absolute atomic E-state index is 0.0595. The molecule has 1 aliphatic carbocycles. The average molecular weight is 347 g/mol. The van der Waals surface area contributed by atoms with E-state index < -0.39 is 0 Å². The third-order valence-corrected chi connectivity index (χ3v) is 6.73. The van der Waals surface area contributed by atoms with Crippen molar-refractivity contribution in [3.05, 3.63) is 16.0 Å². The summed E-state index contributed by atoms with van der Waals surface area (Å²) in [6.45, 7) is 7.84. The standard InChI is InChI=1S/C19H27N3OS/c1-13-5-8-22(9-6-13)10-7-18(23)21-19-16(12-20)15-4-3-14(2)11-17(15)24-19/h13-14H,3-11H2,1-2H3,(H,21,23)/p+1/t14-/m0/s1. The first kappa shape index (κ1) is 17.4. The number of hydrogen-bond acceptors (Lipinski definition) is 3. The number of nitrogens with one attached hydrogen (secondary N) is 2. The van der Waals surface area contributed by atoms with Crippen LogP contribution in [-0.2, 0) is 17.6 Å². The van der Waals surface area contributed by atoms with Crippen LogP contribution in [0, 0.1) is 23.2 Å². The Morgan fingerprint density at radius 1 is 1.29 bits per heavy atom. The molecule has 2 N–H and O–H groups in total. The lowest BCUT2D eigenvalue weighted by Crippen LogP contribution is -3.13. The molecule has 1 aromatic heterocycles. The van der Waals surface area contributed by atoms with Gasteiger partial charge in [-0.25, -0.2) is 0 Å². The zero-order valence-electron chi connectivity index (χ0n) is 14.8. The molecule has 24 heavy (non-hydrogen) atoms. The minimum Gasteiger partial charge on any atom is -0.334 e. The molecule has 2 heterocycles. The molecule has 1 amide bonds. The van der Waals surface area contributed by atoms with Crippen molar-refractivity contribution in [2.24, 2.45) is 11.8 Å². The normalized spacial score (nSPS) is 26.5. The maximum absolute atomic E-state index is 12.3. The van der Waals surface area contributed by atoms with E-state index in [1.54, 1.807) is 16.2 Å². The van der Waals surface area contributed by atoms with Crippen molar-refractivity contribution in [2.45, 2.75) is 52.4 Å². The molecule has 0 aromatic carbocycles. The van der Waals surface area contributed by atoms with E-state index >= 15 is 0 Å². The molecular weight excluding hydrogens is 318 g/mol. The van der Waals surface area contributed by atoms with Gasteiger partial charge < -0.3 is 10.2 Å². The second-order valence-electron chi connectivity index (χ2n) is 7.65. The highest BCUT2D eigenvalue weighted by Gasteiger charge is 2.25. The van der Waals surface area contributed by atoms with Crippen molar-refractivity contribution in [3.63, 3.8) is 0 Å². The van der Waals surface area contributed by atoms with Crippen LogP contribution in [0.2, 0.25) is 0 Å². The van der Waals surface area contributed by atoms with Gasteiger partial charge in [0.05, 0.1) is 31.6 Å². The third kappa shape index (κ3) is 3.99. The molecule has 4 nitrogen and oxygen atoms in total. The molecule has 1 aromatic rings. The molecule has 0 radical (unpaired) electrons. The van der Waals surface area contributed by atoms with Crippen LogP contribution in [0.3, 0.4) is 0 Å². The SMILES string of the molecule is CC1CC[NH+](CCC(=O)Nc2sc3c(c2C#N)CC[C@H](C)C3)CC1. The van der Waals surface area contributed by atoms with Crippen molar-refractivity contribution in [1.29, 1.82) is 5.26 Å². The van der Waals surface area contributed by atoms with Gasteiger partial charge in [-0.3, -0.25) is 4.79 Å². The van der Waals surface area contributed by atoms with E-state index in [-0.39, 0.29) is 5.91 Å². The van der Waals surface area contributed by atoms with Crippen molar-refractivity contribution in [3.8, 4) is 6.07 Å². The summed E-state index contributed by atoms with van der Waals surface area (Å²) in [7, 11) is 0. The smallest absolute Gasteiger partial charge is 0.230 e. The van der Waals surface area contributed by atoms with Gasteiger partial charge in [-0.05, 0) is 49.5 Å². The fourth-order valence-corrected chi connectivity index (χ4v) is 5.23. The van der Waals surface area contributed by atoms with E-state index in [1.807, 2.05) is 0 Å². The van der Waals surface area contributed by atoms with Crippen molar-refractivity contribution >= 4 is 22.2 Å². The average Bonchev–Trinajstić information content (AvgIpc) is 2.90. The van der Waals surface area contributed by atoms with Crippen molar-refractivity contribution < 1.29 is 9.69 Å². The van der Waals surface area contributed by atoms with Gasteiger partial charge >= 0.3 is 0 Å². The van der Waals surface area contributed by atoms with Gasteiger partial charge in [-0.1, -0.05) is 13.8 Å². The number of anilines is 1. The summed E-state index contributed by atoms with van der Waals surface area (Å²) < 4.78 is 0. The Kier molecular flexibility index (Phi) is 5.57. The van der Waals surface area contributed by atoms with E-state index in [1.165, 1.54) is 36.4 Å². The van der Waals surface area contributed by atoms with E-state index in [0.29, 0.717) is 12.3 Å². The Labute approximate surface area is 148 Å². The second-order valence-corrected chi connectivity index (χ2v) is 8.75. The van der Waals surface area contributed by atoms with Crippen LogP contribution in [0.15, 0.2) is 0 Å². The summed E-state index contributed by atoms with van der Waals surface area (Å²) >= 11 is 1.62. The van der Waals surface area contributed by atoms with Crippen LogP contribution in [-0.4, -0.2) is 25.5 Å². The molecule has 3 rings (SSSR count). The monoisotopic (exact) mass is 346 g/mol.